The summed E-state index contributed by atoms with van der Waals surface area (Å²) in [5.74, 6) is 0.594. The van der Waals surface area contributed by atoms with E-state index in [2.05, 4.69) is 29.6 Å². The molecule has 0 bridgehead atoms. The molecule has 0 saturated heterocycles. The molecule has 3 aromatic rings. The van der Waals surface area contributed by atoms with Crippen molar-refractivity contribution in [3.8, 4) is 22.6 Å². The van der Waals surface area contributed by atoms with Gasteiger partial charge in [0.1, 0.15) is 6.61 Å². The van der Waals surface area contributed by atoms with Crippen molar-refractivity contribution < 1.29 is 19.4 Å². The molecular weight excluding hydrogens is 390 g/mol. The van der Waals surface area contributed by atoms with Gasteiger partial charge in [-0.25, -0.2) is 4.79 Å². The Morgan fingerprint density at radius 3 is 2.35 bits per heavy atom. The highest BCUT2D eigenvalue weighted by atomic mass is 16.5. The number of benzene rings is 3. The Bertz CT molecular complexity index is 1060. The number of hydrogen-bond donors (Lipinski definition) is 2. The van der Waals surface area contributed by atoms with Crippen LogP contribution >= 0.6 is 0 Å². The highest BCUT2D eigenvalue weighted by Gasteiger charge is 2.28. The molecule has 0 fully saturated rings. The van der Waals surface area contributed by atoms with Crippen molar-refractivity contribution in [2.24, 2.45) is 0 Å². The highest BCUT2D eigenvalue weighted by Crippen LogP contribution is 2.44. The second-order valence-corrected chi connectivity index (χ2v) is 7.37. The summed E-state index contributed by atoms with van der Waals surface area (Å²) in [6.45, 7) is 0.774. The Kier molecular flexibility index (Phi) is 6.22. The summed E-state index contributed by atoms with van der Waals surface area (Å²) in [7, 11) is 1.51. The summed E-state index contributed by atoms with van der Waals surface area (Å²) in [5, 5.41) is 12.6. The summed E-state index contributed by atoms with van der Waals surface area (Å²) in [6, 6.07) is 21.7. The van der Waals surface area contributed by atoms with Crippen LogP contribution in [0, 0.1) is 0 Å². The molecule has 2 N–H and O–H groups in total. The average molecular weight is 415 g/mol. The summed E-state index contributed by atoms with van der Waals surface area (Å²) in [5.41, 5.74) is 5.67. The third kappa shape index (κ3) is 4.56. The van der Waals surface area contributed by atoms with Crippen LogP contribution in [0.25, 0.3) is 17.2 Å². The molecule has 158 valence electrons. The van der Waals surface area contributed by atoms with E-state index in [1.165, 1.54) is 29.4 Å². The van der Waals surface area contributed by atoms with Crippen molar-refractivity contribution in [1.29, 1.82) is 0 Å². The lowest BCUT2D eigenvalue weighted by atomic mass is 9.98. The first kappa shape index (κ1) is 20.5. The molecular formula is C26H25NO4. The zero-order valence-electron chi connectivity index (χ0n) is 17.4. The number of hydrogen-bond acceptors (Lipinski definition) is 4. The fourth-order valence-corrected chi connectivity index (χ4v) is 3.94. The average Bonchev–Trinajstić information content (AvgIpc) is 3.11. The molecule has 0 saturated carbocycles. The van der Waals surface area contributed by atoms with Gasteiger partial charge >= 0.3 is 6.09 Å². The maximum absolute atomic E-state index is 12.2. The van der Waals surface area contributed by atoms with Crippen LogP contribution in [-0.4, -0.2) is 31.5 Å². The number of phenols is 1. The minimum absolute atomic E-state index is 0.0563. The third-order valence-corrected chi connectivity index (χ3v) is 5.44. The van der Waals surface area contributed by atoms with Crippen molar-refractivity contribution in [2.75, 3.05) is 20.3 Å². The number of rotatable bonds is 7. The largest absolute Gasteiger partial charge is 0.504 e. The van der Waals surface area contributed by atoms with Crippen LogP contribution in [0.5, 0.6) is 11.5 Å². The van der Waals surface area contributed by atoms with E-state index in [0.717, 1.165) is 5.56 Å². The van der Waals surface area contributed by atoms with E-state index in [0.29, 0.717) is 25.3 Å². The van der Waals surface area contributed by atoms with Crippen molar-refractivity contribution in [3.63, 3.8) is 0 Å². The quantitative estimate of drug-likeness (QED) is 0.511. The molecule has 0 heterocycles. The number of amides is 1. The van der Waals surface area contributed by atoms with Gasteiger partial charge < -0.3 is 19.9 Å². The SMILES string of the molecule is COc1ccc(C=CCCNC(=O)OCC2c3ccccc3-c3ccccc32)cc1O. The molecule has 0 atom stereocenters. The van der Waals surface area contributed by atoms with E-state index in [1.54, 1.807) is 12.1 Å². The van der Waals surface area contributed by atoms with E-state index < -0.39 is 6.09 Å². The first-order chi connectivity index (χ1) is 15.2. The highest BCUT2D eigenvalue weighted by molar-refractivity contribution is 5.79. The van der Waals surface area contributed by atoms with E-state index in [1.807, 2.05) is 42.5 Å². The second kappa shape index (κ2) is 9.39. The topological polar surface area (TPSA) is 67.8 Å². The zero-order valence-corrected chi connectivity index (χ0v) is 17.4. The Labute approximate surface area is 182 Å². The zero-order chi connectivity index (χ0) is 21.6. The van der Waals surface area contributed by atoms with Gasteiger partial charge in [-0.2, -0.15) is 0 Å². The van der Waals surface area contributed by atoms with Gasteiger partial charge in [0.25, 0.3) is 0 Å². The van der Waals surface area contributed by atoms with Crippen molar-refractivity contribution in [1.82, 2.24) is 5.32 Å². The summed E-state index contributed by atoms with van der Waals surface area (Å²) < 4.78 is 10.6. The monoisotopic (exact) mass is 415 g/mol. The fourth-order valence-electron chi connectivity index (χ4n) is 3.94. The Morgan fingerprint density at radius 1 is 1.03 bits per heavy atom. The van der Waals surface area contributed by atoms with Crippen molar-refractivity contribution in [3.05, 3.63) is 89.5 Å². The van der Waals surface area contributed by atoms with E-state index in [9.17, 15) is 9.90 Å². The van der Waals surface area contributed by atoms with E-state index in [4.69, 9.17) is 9.47 Å². The van der Waals surface area contributed by atoms with Gasteiger partial charge in [0.2, 0.25) is 0 Å². The number of nitrogens with one attached hydrogen (secondary N) is 1. The third-order valence-electron chi connectivity index (χ3n) is 5.44. The van der Waals surface area contributed by atoms with Gasteiger partial charge in [-0.15, -0.1) is 0 Å². The normalized spacial score (nSPS) is 12.4. The summed E-state index contributed by atoms with van der Waals surface area (Å²) >= 11 is 0. The van der Waals surface area contributed by atoms with Gasteiger partial charge in [0.15, 0.2) is 11.5 Å². The molecule has 5 heteroatoms. The Morgan fingerprint density at radius 2 is 1.71 bits per heavy atom. The first-order valence-corrected chi connectivity index (χ1v) is 10.3. The molecule has 4 rings (SSSR count). The van der Waals surface area contributed by atoms with Crippen LogP contribution in [0.15, 0.2) is 72.8 Å². The van der Waals surface area contributed by atoms with Crippen LogP contribution < -0.4 is 10.1 Å². The fraction of sp³-hybridized carbons (Fsp3) is 0.192. The lowest BCUT2D eigenvalue weighted by Gasteiger charge is -2.14. The maximum atomic E-state index is 12.2. The van der Waals surface area contributed by atoms with Gasteiger partial charge in [-0.3, -0.25) is 0 Å². The number of carbonyl (C=O) groups is 1. The van der Waals surface area contributed by atoms with E-state index in [-0.39, 0.29) is 11.7 Å². The second-order valence-electron chi connectivity index (χ2n) is 7.37. The number of ether oxygens (including phenoxy) is 2. The van der Waals surface area contributed by atoms with Gasteiger partial charge in [0, 0.05) is 12.5 Å². The predicted octanol–water partition coefficient (Wildman–Crippen LogP) is 5.34. The molecule has 5 nitrogen and oxygen atoms in total. The molecule has 1 aliphatic rings. The van der Waals surface area contributed by atoms with Gasteiger partial charge in [-0.05, 0) is 46.4 Å². The minimum Gasteiger partial charge on any atom is -0.504 e. The standard InChI is InChI=1S/C26H25NO4/c1-30-25-14-13-18(16-24(25)28)8-6-7-15-27-26(29)31-17-23-21-11-4-2-9-19(21)20-10-3-5-12-22(20)23/h2-6,8-14,16,23,28H,7,15,17H2,1H3,(H,27,29). The number of carbonyl (C=O) groups excluding carboxylic acids is 1. The number of aromatic hydroxyl groups is 1. The Balaban J connectivity index is 1.26. The number of methoxy groups -OCH3 is 1. The summed E-state index contributed by atoms with van der Waals surface area (Å²) in [6.07, 6.45) is 4.05. The minimum atomic E-state index is -0.419. The lowest BCUT2D eigenvalue weighted by molar-refractivity contribution is 0.143. The molecule has 0 radical (unpaired) electrons. The van der Waals surface area contributed by atoms with Gasteiger partial charge in [0.05, 0.1) is 7.11 Å². The molecule has 0 spiro atoms. The Hall–Kier alpha value is -3.73. The van der Waals surface area contributed by atoms with Gasteiger partial charge in [-0.1, -0.05) is 66.7 Å². The molecule has 0 unspecified atom stereocenters. The molecule has 3 aromatic carbocycles. The molecule has 0 aliphatic heterocycles. The van der Waals surface area contributed by atoms with Crippen molar-refractivity contribution >= 4 is 12.2 Å². The molecule has 1 amide bonds. The number of phenolic OH excluding ortho intramolecular Hbond substituents is 1. The number of alkyl carbamates (subject to hydrolysis) is 1. The van der Waals surface area contributed by atoms with E-state index >= 15 is 0 Å². The van der Waals surface area contributed by atoms with Crippen LogP contribution in [0.1, 0.15) is 29.0 Å². The van der Waals surface area contributed by atoms with Crippen LogP contribution in [-0.2, 0) is 4.74 Å². The van der Waals surface area contributed by atoms with Crippen LogP contribution in [0.4, 0.5) is 4.79 Å². The lowest BCUT2D eigenvalue weighted by Crippen LogP contribution is -2.26. The first-order valence-electron chi connectivity index (χ1n) is 10.3. The maximum Gasteiger partial charge on any atom is 0.407 e. The van der Waals surface area contributed by atoms with Crippen LogP contribution in [0.3, 0.4) is 0 Å². The summed E-state index contributed by atoms with van der Waals surface area (Å²) in [4.78, 5) is 12.2. The molecule has 1 aliphatic carbocycles. The number of fused-ring (bicyclic) bond motifs is 3. The smallest absolute Gasteiger partial charge is 0.407 e. The molecule has 0 aromatic heterocycles. The molecule has 31 heavy (non-hydrogen) atoms. The van der Waals surface area contributed by atoms with Crippen LogP contribution in [0.2, 0.25) is 0 Å². The van der Waals surface area contributed by atoms with Crippen molar-refractivity contribution in [2.45, 2.75) is 12.3 Å². The predicted molar refractivity (Wildman–Crippen MR) is 121 cm³/mol.